The summed E-state index contributed by atoms with van der Waals surface area (Å²) >= 11 is 0. The van der Waals surface area contributed by atoms with E-state index in [1.807, 2.05) is 0 Å². The lowest BCUT2D eigenvalue weighted by molar-refractivity contribution is 0.0962. The number of carbonyl (C=O) groups is 1. The second kappa shape index (κ2) is 3.67. The Labute approximate surface area is 71.1 Å². The molecule has 0 fully saturated rings. The van der Waals surface area contributed by atoms with Gasteiger partial charge in [0.1, 0.15) is 0 Å². The molecule has 0 spiro atoms. The third-order valence-corrected chi connectivity index (χ3v) is 1.48. The first-order chi connectivity index (χ1) is 5.77. The number of amides is 1. The Balaban J connectivity index is 3.01. The standard InChI is InChI=1S/C9H10N2O/c1-3-7-4-8(6-11-5-7)9(12)10-2/h3-6H,1H2,2H3,(H,10,12). The van der Waals surface area contributed by atoms with Crippen molar-refractivity contribution in [2.45, 2.75) is 0 Å². The molecule has 1 aromatic heterocycles. The molecule has 1 N–H and O–H groups in total. The smallest absolute Gasteiger partial charge is 0.252 e. The van der Waals surface area contributed by atoms with E-state index in [1.54, 1.807) is 25.4 Å². The van der Waals surface area contributed by atoms with Gasteiger partial charge in [-0.3, -0.25) is 9.78 Å². The zero-order valence-corrected chi connectivity index (χ0v) is 6.87. The van der Waals surface area contributed by atoms with Crippen molar-refractivity contribution in [2.75, 3.05) is 7.05 Å². The minimum atomic E-state index is -0.133. The van der Waals surface area contributed by atoms with Gasteiger partial charge in [-0.15, -0.1) is 0 Å². The molecule has 0 aliphatic heterocycles. The van der Waals surface area contributed by atoms with E-state index in [0.717, 1.165) is 5.56 Å². The third-order valence-electron chi connectivity index (χ3n) is 1.48. The molecule has 1 aromatic rings. The van der Waals surface area contributed by atoms with Crippen LogP contribution in [0.25, 0.3) is 6.08 Å². The first-order valence-corrected chi connectivity index (χ1v) is 3.57. The van der Waals surface area contributed by atoms with Crippen LogP contribution in [-0.4, -0.2) is 17.9 Å². The number of rotatable bonds is 2. The fourth-order valence-electron chi connectivity index (χ4n) is 0.838. The molecule has 62 valence electrons. The summed E-state index contributed by atoms with van der Waals surface area (Å²) in [6, 6.07) is 1.73. The largest absolute Gasteiger partial charge is 0.355 e. The quantitative estimate of drug-likeness (QED) is 0.707. The highest BCUT2D eigenvalue weighted by molar-refractivity contribution is 5.94. The van der Waals surface area contributed by atoms with Gasteiger partial charge in [0.05, 0.1) is 5.56 Å². The average molecular weight is 162 g/mol. The SMILES string of the molecule is C=Cc1cncc(C(=O)NC)c1. The van der Waals surface area contributed by atoms with E-state index >= 15 is 0 Å². The van der Waals surface area contributed by atoms with Crippen molar-refractivity contribution in [3.8, 4) is 0 Å². The second-order valence-corrected chi connectivity index (χ2v) is 2.29. The number of nitrogens with one attached hydrogen (secondary N) is 1. The molecule has 3 heteroatoms. The molecule has 0 aliphatic rings. The van der Waals surface area contributed by atoms with Crippen molar-refractivity contribution in [2.24, 2.45) is 0 Å². The van der Waals surface area contributed by atoms with E-state index in [9.17, 15) is 4.79 Å². The highest BCUT2D eigenvalue weighted by Crippen LogP contribution is 2.03. The Morgan fingerprint density at radius 3 is 3.00 bits per heavy atom. The van der Waals surface area contributed by atoms with Crippen LogP contribution >= 0.6 is 0 Å². The summed E-state index contributed by atoms with van der Waals surface area (Å²) in [7, 11) is 1.59. The number of hydrogen-bond donors (Lipinski definition) is 1. The minimum absolute atomic E-state index is 0.133. The molecule has 1 heterocycles. The summed E-state index contributed by atoms with van der Waals surface area (Å²) in [5, 5.41) is 2.52. The van der Waals surface area contributed by atoms with E-state index in [1.165, 1.54) is 6.20 Å². The molecule has 0 bridgehead atoms. The Morgan fingerprint density at radius 1 is 1.67 bits per heavy atom. The molecular formula is C9H10N2O. The van der Waals surface area contributed by atoms with Gasteiger partial charge in [-0.05, 0) is 11.6 Å². The maximum atomic E-state index is 11.1. The van der Waals surface area contributed by atoms with E-state index in [-0.39, 0.29) is 5.91 Å². The van der Waals surface area contributed by atoms with Gasteiger partial charge in [0.2, 0.25) is 0 Å². The predicted molar refractivity (Wildman–Crippen MR) is 47.7 cm³/mol. The number of nitrogens with zero attached hydrogens (tertiary/aromatic N) is 1. The first kappa shape index (κ1) is 8.46. The van der Waals surface area contributed by atoms with Crippen LogP contribution < -0.4 is 5.32 Å². The Bertz CT molecular complexity index is 307. The van der Waals surface area contributed by atoms with Gasteiger partial charge in [-0.25, -0.2) is 0 Å². The second-order valence-electron chi connectivity index (χ2n) is 2.29. The van der Waals surface area contributed by atoms with Crippen LogP contribution in [0.4, 0.5) is 0 Å². The molecule has 1 rings (SSSR count). The number of hydrogen-bond acceptors (Lipinski definition) is 2. The molecule has 3 nitrogen and oxygen atoms in total. The van der Waals surface area contributed by atoms with Crippen LogP contribution in [0.2, 0.25) is 0 Å². The summed E-state index contributed by atoms with van der Waals surface area (Å²) in [5.74, 6) is -0.133. The van der Waals surface area contributed by atoms with Crippen molar-refractivity contribution < 1.29 is 4.79 Å². The normalized spacial score (nSPS) is 9.08. The summed E-state index contributed by atoms with van der Waals surface area (Å²) < 4.78 is 0. The number of carbonyl (C=O) groups excluding carboxylic acids is 1. The number of aromatic nitrogens is 1. The zero-order valence-electron chi connectivity index (χ0n) is 6.87. The van der Waals surface area contributed by atoms with Crippen LogP contribution in [-0.2, 0) is 0 Å². The molecule has 0 aromatic carbocycles. The van der Waals surface area contributed by atoms with Crippen LogP contribution in [0.3, 0.4) is 0 Å². The molecule has 0 aliphatic carbocycles. The topological polar surface area (TPSA) is 42.0 Å². The van der Waals surface area contributed by atoms with Gasteiger partial charge in [0, 0.05) is 19.4 Å². The van der Waals surface area contributed by atoms with Gasteiger partial charge in [0.15, 0.2) is 0 Å². The minimum Gasteiger partial charge on any atom is -0.355 e. The van der Waals surface area contributed by atoms with Crippen molar-refractivity contribution >= 4 is 12.0 Å². The van der Waals surface area contributed by atoms with Gasteiger partial charge >= 0.3 is 0 Å². The lowest BCUT2D eigenvalue weighted by Crippen LogP contribution is -2.17. The van der Waals surface area contributed by atoms with E-state index < -0.39 is 0 Å². The molecule has 0 saturated heterocycles. The van der Waals surface area contributed by atoms with E-state index in [4.69, 9.17) is 0 Å². The predicted octanol–water partition coefficient (Wildman–Crippen LogP) is 1.08. The van der Waals surface area contributed by atoms with E-state index in [0.29, 0.717) is 5.56 Å². The van der Waals surface area contributed by atoms with Gasteiger partial charge in [-0.2, -0.15) is 0 Å². The molecule has 0 radical (unpaired) electrons. The van der Waals surface area contributed by atoms with Crippen molar-refractivity contribution in [3.05, 3.63) is 36.2 Å². The first-order valence-electron chi connectivity index (χ1n) is 3.57. The maximum absolute atomic E-state index is 11.1. The molecule has 12 heavy (non-hydrogen) atoms. The Kier molecular flexibility index (Phi) is 2.58. The van der Waals surface area contributed by atoms with Crippen molar-refractivity contribution in [1.82, 2.24) is 10.3 Å². The molecular weight excluding hydrogens is 152 g/mol. The highest BCUT2D eigenvalue weighted by atomic mass is 16.1. The van der Waals surface area contributed by atoms with Gasteiger partial charge in [-0.1, -0.05) is 12.7 Å². The maximum Gasteiger partial charge on any atom is 0.252 e. The summed E-state index contributed by atoms with van der Waals surface area (Å²) in [6.45, 7) is 3.59. The highest BCUT2D eigenvalue weighted by Gasteiger charge is 2.01. The Hall–Kier alpha value is -1.64. The molecule has 0 saturated carbocycles. The zero-order chi connectivity index (χ0) is 8.97. The van der Waals surface area contributed by atoms with Gasteiger partial charge < -0.3 is 5.32 Å². The summed E-state index contributed by atoms with van der Waals surface area (Å²) in [5.41, 5.74) is 1.39. The fourth-order valence-corrected chi connectivity index (χ4v) is 0.838. The Morgan fingerprint density at radius 2 is 2.42 bits per heavy atom. The average Bonchev–Trinajstić information content (AvgIpc) is 2.17. The van der Waals surface area contributed by atoms with Crippen LogP contribution in [0, 0.1) is 0 Å². The van der Waals surface area contributed by atoms with Crippen LogP contribution in [0.5, 0.6) is 0 Å². The van der Waals surface area contributed by atoms with E-state index in [2.05, 4.69) is 16.9 Å². The molecule has 0 unspecified atom stereocenters. The third kappa shape index (κ3) is 1.69. The monoisotopic (exact) mass is 162 g/mol. The van der Waals surface area contributed by atoms with Gasteiger partial charge in [0.25, 0.3) is 5.91 Å². The lowest BCUT2D eigenvalue weighted by Gasteiger charge is -1.98. The van der Waals surface area contributed by atoms with Crippen molar-refractivity contribution in [3.63, 3.8) is 0 Å². The van der Waals surface area contributed by atoms with Crippen molar-refractivity contribution in [1.29, 1.82) is 0 Å². The van der Waals surface area contributed by atoms with Crippen LogP contribution in [0.1, 0.15) is 15.9 Å². The number of pyridine rings is 1. The summed E-state index contributed by atoms with van der Waals surface area (Å²) in [6.07, 6.45) is 4.82. The van der Waals surface area contributed by atoms with Crippen LogP contribution in [0.15, 0.2) is 25.0 Å². The molecule has 1 amide bonds. The summed E-state index contributed by atoms with van der Waals surface area (Å²) in [4.78, 5) is 15.0. The fraction of sp³-hybridized carbons (Fsp3) is 0.111. The lowest BCUT2D eigenvalue weighted by atomic mass is 10.2. The molecule has 0 atom stereocenters.